The third-order valence-corrected chi connectivity index (χ3v) is 10.2. The summed E-state index contributed by atoms with van der Waals surface area (Å²) < 4.78 is 17.2. The van der Waals surface area contributed by atoms with Gasteiger partial charge in [0.05, 0.1) is 38.4 Å². The van der Waals surface area contributed by atoms with Gasteiger partial charge in [-0.05, 0) is 58.3 Å². The summed E-state index contributed by atoms with van der Waals surface area (Å²) in [5.41, 5.74) is -0.827. The van der Waals surface area contributed by atoms with Gasteiger partial charge >= 0.3 is 6.09 Å². The number of hydrogen-bond donors (Lipinski definition) is 5. The molecule has 15 nitrogen and oxygen atoms in total. The lowest BCUT2D eigenvalue weighted by Gasteiger charge is -2.36. The van der Waals surface area contributed by atoms with Crippen LogP contribution in [-0.2, 0) is 38.2 Å². The molecule has 0 bridgehead atoms. The van der Waals surface area contributed by atoms with E-state index in [1.54, 1.807) is 34.7 Å². The molecule has 2 aliphatic rings. The molecule has 0 spiro atoms. The van der Waals surface area contributed by atoms with Gasteiger partial charge in [0.15, 0.2) is 0 Å². The summed E-state index contributed by atoms with van der Waals surface area (Å²) in [5.74, 6) is -3.45. The van der Waals surface area contributed by atoms with Gasteiger partial charge in [0.2, 0.25) is 29.5 Å². The Morgan fingerprint density at radius 2 is 1.64 bits per heavy atom. The van der Waals surface area contributed by atoms with Gasteiger partial charge in [-0.25, -0.2) is 4.79 Å². The predicted molar refractivity (Wildman–Crippen MR) is 214 cm³/mol. The van der Waals surface area contributed by atoms with Gasteiger partial charge in [0.1, 0.15) is 29.8 Å². The number of hydrogen-bond acceptors (Lipinski definition) is 9. The SMILES string of the molecule is C=CCOC[C@@H]1NC(=O)[C@H](CNC(=O)OC(C)(C)C)NC(=O)[C@H](C2CCCCC2)NC(=O)[C@H](CC(C)C)N(C)C(=O)[C@H](C)[C@@H](CCCCCC)OCCNC1=O. The number of carbonyl (C=O) groups excluding carboxylic acids is 6. The highest BCUT2D eigenvalue weighted by atomic mass is 16.6. The lowest BCUT2D eigenvalue weighted by molar-refractivity contribution is -0.147. The number of unbranched alkanes of at least 4 members (excludes halogenated alkanes) is 3. The standard InChI is InChI=1S/C41H72N6O9/c1-10-12-13-17-20-33-28(5)39(52)47(9)32(24-27(3)4)37(50)46-34(29-18-15-14-16-19-29)38(51)44-30(25-43-40(53)56-41(6,7)8)36(49)45-31(26-54-22-11-2)35(48)42-21-23-55-33/h11,27-34H,2,10,12-26H2,1,3-9H3,(H,42,48)(H,43,53)(H,44,51)(H,45,49)(H,46,50)/t28-,30+,31+,32+,33-,34+/m1/s1. The summed E-state index contributed by atoms with van der Waals surface area (Å²) in [6.45, 7) is 16.3. The van der Waals surface area contributed by atoms with Crippen molar-refractivity contribution in [2.75, 3.05) is 40.0 Å². The zero-order valence-electron chi connectivity index (χ0n) is 35.3. The molecule has 6 atom stereocenters. The smallest absolute Gasteiger partial charge is 0.407 e. The molecule has 1 aliphatic carbocycles. The van der Waals surface area contributed by atoms with E-state index in [4.69, 9.17) is 14.2 Å². The van der Waals surface area contributed by atoms with Crippen LogP contribution in [0.3, 0.4) is 0 Å². The second-order valence-electron chi connectivity index (χ2n) is 16.6. The van der Waals surface area contributed by atoms with Gasteiger partial charge < -0.3 is 45.7 Å². The van der Waals surface area contributed by atoms with E-state index in [9.17, 15) is 28.8 Å². The molecule has 0 unspecified atom stereocenters. The fraction of sp³-hybridized carbons (Fsp3) is 0.805. The topological polar surface area (TPSA) is 194 Å². The van der Waals surface area contributed by atoms with Crippen LogP contribution in [-0.4, -0.2) is 116 Å². The molecule has 0 aromatic carbocycles. The van der Waals surface area contributed by atoms with E-state index in [2.05, 4.69) is 40.1 Å². The largest absolute Gasteiger partial charge is 0.444 e. The Kier molecular flexibility index (Phi) is 21.5. The molecule has 1 saturated heterocycles. The quantitative estimate of drug-likeness (QED) is 0.129. The van der Waals surface area contributed by atoms with E-state index < -0.39 is 71.5 Å². The summed E-state index contributed by atoms with van der Waals surface area (Å²) >= 11 is 0. The second-order valence-corrected chi connectivity index (χ2v) is 16.6. The third kappa shape index (κ3) is 17.2. The maximum absolute atomic E-state index is 14.3. The van der Waals surface area contributed by atoms with Gasteiger partial charge in [0.25, 0.3) is 0 Å². The van der Waals surface area contributed by atoms with Crippen molar-refractivity contribution < 1.29 is 43.0 Å². The van der Waals surface area contributed by atoms with Gasteiger partial charge in [-0.1, -0.05) is 78.7 Å². The highest BCUT2D eigenvalue weighted by Gasteiger charge is 2.39. The Labute approximate surface area is 334 Å². The second kappa shape index (κ2) is 24.8. The minimum absolute atomic E-state index is 0.0417. The van der Waals surface area contributed by atoms with Crippen molar-refractivity contribution in [3.05, 3.63) is 12.7 Å². The third-order valence-electron chi connectivity index (χ3n) is 10.2. The molecule has 1 saturated carbocycles. The lowest BCUT2D eigenvalue weighted by Crippen LogP contribution is -2.62. The molecule has 6 amide bonds. The van der Waals surface area contributed by atoms with Crippen LogP contribution in [0, 0.1) is 17.8 Å². The molecule has 1 heterocycles. The number of likely N-dealkylation sites (N-methyl/N-ethyl adjacent to an activating group) is 1. The van der Waals surface area contributed by atoms with Crippen LogP contribution >= 0.6 is 0 Å². The van der Waals surface area contributed by atoms with Crippen LogP contribution in [0.5, 0.6) is 0 Å². The molecule has 15 heteroatoms. The number of ether oxygens (including phenoxy) is 3. The zero-order chi connectivity index (χ0) is 41.8. The maximum Gasteiger partial charge on any atom is 0.407 e. The van der Waals surface area contributed by atoms with E-state index in [1.807, 2.05) is 13.8 Å². The number of nitrogens with one attached hydrogen (secondary N) is 5. The van der Waals surface area contributed by atoms with Gasteiger partial charge in [-0.2, -0.15) is 0 Å². The summed E-state index contributed by atoms with van der Waals surface area (Å²) in [6, 6.07) is -4.48. The maximum atomic E-state index is 14.3. The summed E-state index contributed by atoms with van der Waals surface area (Å²) in [7, 11) is 1.62. The number of rotatable bonds is 14. The van der Waals surface area contributed by atoms with E-state index in [-0.39, 0.29) is 50.7 Å². The molecule has 0 radical (unpaired) electrons. The monoisotopic (exact) mass is 793 g/mol. The Hall–Kier alpha value is -3.72. The van der Waals surface area contributed by atoms with Crippen molar-refractivity contribution in [2.24, 2.45) is 17.8 Å². The molecule has 2 fully saturated rings. The summed E-state index contributed by atoms with van der Waals surface area (Å²) in [6.07, 6.45) is 9.19. The van der Waals surface area contributed by atoms with Crippen molar-refractivity contribution in [1.29, 1.82) is 0 Å². The average molecular weight is 793 g/mol. The Balaban J connectivity index is 2.60. The van der Waals surface area contributed by atoms with Crippen LogP contribution in [0.1, 0.15) is 119 Å². The molecule has 0 aromatic heterocycles. The normalized spacial score (nSPS) is 25.9. The minimum Gasteiger partial charge on any atom is -0.444 e. The van der Waals surface area contributed by atoms with Crippen molar-refractivity contribution >= 4 is 35.6 Å². The Morgan fingerprint density at radius 3 is 2.27 bits per heavy atom. The first kappa shape index (κ1) is 48.4. The average Bonchev–Trinajstić information content (AvgIpc) is 3.14. The molecule has 5 N–H and O–H groups in total. The first-order valence-corrected chi connectivity index (χ1v) is 20.7. The number of carbonyl (C=O) groups is 6. The van der Waals surface area contributed by atoms with Crippen LogP contribution in [0.25, 0.3) is 0 Å². The van der Waals surface area contributed by atoms with E-state index >= 15 is 0 Å². The molecule has 2 rings (SSSR count). The summed E-state index contributed by atoms with van der Waals surface area (Å²) in [4.78, 5) is 84.5. The number of amides is 6. The summed E-state index contributed by atoms with van der Waals surface area (Å²) in [5, 5.41) is 13.8. The zero-order valence-corrected chi connectivity index (χ0v) is 35.3. The van der Waals surface area contributed by atoms with Gasteiger partial charge in [-0.3, -0.25) is 24.0 Å². The first-order valence-electron chi connectivity index (χ1n) is 20.7. The lowest BCUT2D eigenvalue weighted by atomic mass is 9.83. The van der Waals surface area contributed by atoms with Crippen LogP contribution in [0.4, 0.5) is 4.79 Å². The fourth-order valence-corrected chi connectivity index (χ4v) is 7.09. The van der Waals surface area contributed by atoms with Crippen LogP contribution in [0.2, 0.25) is 0 Å². The molecule has 56 heavy (non-hydrogen) atoms. The number of nitrogens with zero attached hydrogens (tertiary/aromatic N) is 1. The minimum atomic E-state index is -1.37. The van der Waals surface area contributed by atoms with E-state index in [1.165, 1.54) is 11.0 Å². The van der Waals surface area contributed by atoms with Crippen molar-refractivity contribution in [2.45, 2.75) is 155 Å². The van der Waals surface area contributed by atoms with Crippen LogP contribution in [0.15, 0.2) is 12.7 Å². The Morgan fingerprint density at radius 1 is 0.964 bits per heavy atom. The van der Waals surface area contributed by atoms with Gasteiger partial charge in [0, 0.05) is 13.6 Å². The first-order chi connectivity index (χ1) is 26.5. The number of alkyl carbamates (subject to hydrolysis) is 1. The van der Waals surface area contributed by atoms with Crippen LogP contribution < -0.4 is 26.6 Å². The van der Waals surface area contributed by atoms with E-state index in [0.717, 1.165) is 44.9 Å². The Bertz CT molecular complexity index is 1280. The van der Waals surface area contributed by atoms with Crippen molar-refractivity contribution in [3.8, 4) is 0 Å². The van der Waals surface area contributed by atoms with Crippen molar-refractivity contribution in [3.63, 3.8) is 0 Å². The van der Waals surface area contributed by atoms with Gasteiger partial charge in [-0.15, -0.1) is 6.58 Å². The van der Waals surface area contributed by atoms with E-state index in [0.29, 0.717) is 25.7 Å². The molecular formula is C41H72N6O9. The molecule has 320 valence electrons. The fourth-order valence-electron chi connectivity index (χ4n) is 7.09. The highest BCUT2D eigenvalue weighted by Crippen LogP contribution is 2.28. The van der Waals surface area contributed by atoms with Crippen molar-refractivity contribution in [1.82, 2.24) is 31.5 Å². The molecular weight excluding hydrogens is 720 g/mol. The highest BCUT2D eigenvalue weighted by molar-refractivity contribution is 5.96. The molecule has 1 aliphatic heterocycles. The molecule has 0 aromatic rings. The predicted octanol–water partition coefficient (Wildman–Crippen LogP) is 3.74.